The zero-order chi connectivity index (χ0) is 19.1. The van der Waals surface area contributed by atoms with Crippen molar-refractivity contribution in [3.63, 3.8) is 0 Å². The van der Waals surface area contributed by atoms with Crippen LogP contribution in [0, 0.1) is 0 Å². The predicted molar refractivity (Wildman–Crippen MR) is 104 cm³/mol. The van der Waals surface area contributed by atoms with Gasteiger partial charge in [0.2, 0.25) is 0 Å². The summed E-state index contributed by atoms with van der Waals surface area (Å²) in [4.78, 5) is 21.1. The van der Waals surface area contributed by atoms with E-state index in [1.807, 2.05) is 36.4 Å². The third-order valence-electron chi connectivity index (χ3n) is 4.98. The van der Waals surface area contributed by atoms with Crippen molar-refractivity contribution in [3.8, 4) is 0 Å². The molecule has 5 rings (SSSR count). The van der Waals surface area contributed by atoms with Crippen LogP contribution >= 0.6 is 0 Å². The first-order valence-electron chi connectivity index (χ1n) is 9.07. The molecule has 1 aromatic carbocycles. The zero-order valence-corrected chi connectivity index (χ0v) is 14.8. The molecule has 0 saturated heterocycles. The number of halogens is 1. The van der Waals surface area contributed by atoms with Gasteiger partial charge in [-0.05, 0) is 54.6 Å². The molecule has 8 heteroatoms. The van der Waals surface area contributed by atoms with E-state index in [0.29, 0.717) is 24.4 Å². The third-order valence-corrected chi connectivity index (χ3v) is 4.98. The van der Waals surface area contributed by atoms with Gasteiger partial charge >= 0.3 is 0 Å². The van der Waals surface area contributed by atoms with Crippen LogP contribution in [0.5, 0.6) is 0 Å². The number of hydrogen-bond acceptors (Lipinski definition) is 5. The molecular formula is C20H17FN6O. The summed E-state index contributed by atoms with van der Waals surface area (Å²) in [5, 5.41) is 14.9. The molecule has 3 N–H and O–H groups in total. The normalized spacial score (nSPS) is 18.8. The maximum absolute atomic E-state index is 13.0. The summed E-state index contributed by atoms with van der Waals surface area (Å²) in [6, 6.07) is 11.1. The number of pyridine rings is 2. The SMILES string of the molecule is O=C(NC1CC(F)C1)c1nccc2cc(Nc3n[nH]c4cccnc34)ccc12. The largest absolute Gasteiger partial charge is 0.348 e. The van der Waals surface area contributed by atoms with Gasteiger partial charge in [0, 0.05) is 29.5 Å². The Morgan fingerprint density at radius 2 is 2.04 bits per heavy atom. The van der Waals surface area contributed by atoms with Gasteiger partial charge in [0.15, 0.2) is 5.82 Å². The summed E-state index contributed by atoms with van der Waals surface area (Å²) in [5.41, 5.74) is 2.77. The molecule has 4 aromatic rings. The topological polar surface area (TPSA) is 95.6 Å². The monoisotopic (exact) mass is 376 g/mol. The van der Waals surface area contributed by atoms with E-state index in [2.05, 4.69) is 30.8 Å². The van der Waals surface area contributed by atoms with Gasteiger partial charge in [0.1, 0.15) is 17.4 Å². The molecule has 0 radical (unpaired) electrons. The van der Waals surface area contributed by atoms with E-state index >= 15 is 0 Å². The Labute approximate surface area is 159 Å². The van der Waals surface area contributed by atoms with Gasteiger partial charge in [-0.2, -0.15) is 5.10 Å². The Morgan fingerprint density at radius 1 is 1.14 bits per heavy atom. The first-order chi connectivity index (χ1) is 13.7. The van der Waals surface area contributed by atoms with E-state index < -0.39 is 6.17 Å². The number of amides is 1. The highest BCUT2D eigenvalue weighted by atomic mass is 19.1. The quantitative estimate of drug-likeness (QED) is 0.507. The Morgan fingerprint density at radius 3 is 2.89 bits per heavy atom. The lowest BCUT2D eigenvalue weighted by Gasteiger charge is -2.30. The lowest BCUT2D eigenvalue weighted by atomic mass is 9.90. The van der Waals surface area contributed by atoms with E-state index in [-0.39, 0.29) is 11.9 Å². The molecule has 1 saturated carbocycles. The number of anilines is 2. The molecule has 0 bridgehead atoms. The van der Waals surface area contributed by atoms with Crippen molar-refractivity contribution >= 4 is 39.2 Å². The number of aromatic amines is 1. The van der Waals surface area contributed by atoms with Gasteiger partial charge in [0.05, 0.1) is 5.52 Å². The highest BCUT2D eigenvalue weighted by molar-refractivity contribution is 6.06. The maximum atomic E-state index is 13.0. The number of nitrogens with zero attached hydrogens (tertiary/aromatic N) is 3. The van der Waals surface area contributed by atoms with E-state index in [1.165, 1.54) is 0 Å². The Hall–Kier alpha value is -3.55. The standard InChI is InChI=1S/C20H17FN6O/c21-12-9-14(10-12)25-20(28)17-15-4-3-13(8-11(15)5-7-23-17)24-19-18-16(26-27-19)2-1-6-22-18/h1-8,12,14H,9-10H2,(H,25,28)(H2,24,26,27). The molecule has 7 nitrogen and oxygen atoms in total. The van der Waals surface area contributed by atoms with Crippen molar-refractivity contribution in [3.05, 3.63) is 54.5 Å². The van der Waals surface area contributed by atoms with Crippen LogP contribution in [0.15, 0.2) is 48.8 Å². The lowest BCUT2D eigenvalue weighted by Crippen LogP contribution is -2.45. The molecule has 1 amide bonds. The second kappa shape index (κ2) is 6.56. The van der Waals surface area contributed by atoms with Gasteiger partial charge in [-0.3, -0.25) is 19.9 Å². The minimum atomic E-state index is -0.813. The molecule has 0 spiro atoms. The predicted octanol–water partition coefficient (Wildman–Crippen LogP) is 3.48. The molecular weight excluding hydrogens is 359 g/mol. The average Bonchev–Trinajstić information content (AvgIpc) is 3.09. The van der Waals surface area contributed by atoms with Crippen molar-refractivity contribution in [2.24, 2.45) is 0 Å². The summed E-state index contributed by atoms with van der Waals surface area (Å²) in [7, 11) is 0. The Balaban J connectivity index is 1.43. The molecule has 0 aliphatic heterocycles. The van der Waals surface area contributed by atoms with Crippen LogP contribution < -0.4 is 10.6 Å². The van der Waals surface area contributed by atoms with Crippen molar-refractivity contribution in [1.82, 2.24) is 25.5 Å². The fraction of sp³-hybridized carbons (Fsp3) is 0.200. The minimum Gasteiger partial charge on any atom is -0.348 e. The van der Waals surface area contributed by atoms with E-state index in [0.717, 1.165) is 27.5 Å². The number of aromatic nitrogens is 4. The highest BCUT2D eigenvalue weighted by Crippen LogP contribution is 2.27. The summed E-state index contributed by atoms with van der Waals surface area (Å²) in [5.74, 6) is 0.360. The summed E-state index contributed by atoms with van der Waals surface area (Å²) >= 11 is 0. The lowest BCUT2D eigenvalue weighted by molar-refractivity contribution is 0.0857. The summed E-state index contributed by atoms with van der Waals surface area (Å²) < 4.78 is 13.0. The Kier molecular flexibility index (Phi) is 3.89. The van der Waals surface area contributed by atoms with Crippen LogP contribution in [-0.4, -0.2) is 38.3 Å². The fourth-order valence-corrected chi connectivity index (χ4v) is 3.43. The summed E-state index contributed by atoms with van der Waals surface area (Å²) in [6.07, 6.45) is 3.25. The molecule has 0 unspecified atom stereocenters. The van der Waals surface area contributed by atoms with Crippen LogP contribution in [-0.2, 0) is 0 Å². The van der Waals surface area contributed by atoms with Crippen molar-refractivity contribution in [2.75, 3.05) is 5.32 Å². The molecule has 1 fully saturated rings. The van der Waals surface area contributed by atoms with E-state index in [9.17, 15) is 9.18 Å². The number of carbonyl (C=O) groups is 1. The molecule has 140 valence electrons. The van der Waals surface area contributed by atoms with Crippen LogP contribution in [0.4, 0.5) is 15.9 Å². The molecule has 28 heavy (non-hydrogen) atoms. The van der Waals surface area contributed by atoms with Gasteiger partial charge in [-0.15, -0.1) is 0 Å². The van der Waals surface area contributed by atoms with Crippen molar-refractivity contribution in [1.29, 1.82) is 0 Å². The number of H-pyrrole nitrogens is 1. The number of nitrogens with one attached hydrogen (secondary N) is 3. The third kappa shape index (κ3) is 2.92. The fourth-order valence-electron chi connectivity index (χ4n) is 3.43. The molecule has 0 atom stereocenters. The van der Waals surface area contributed by atoms with Gasteiger partial charge < -0.3 is 10.6 Å². The molecule has 3 aromatic heterocycles. The van der Waals surface area contributed by atoms with E-state index in [1.54, 1.807) is 12.4 Å². The first kappa shape index (κ1) is 16.6. The maximum Gasteiger partial charge on any atom is 0.270 e. The number of hydrogen-bond donors (Lipinski definition) is 3. The summed E-state index contributed by atoms with van der Waals surface area (Å²) in [6.45, 7) is 0. The van der Waals surface area contributed by atoms with Crippen LogP contribution in [0.3, 0.4) is 0 Å². The van der Waals surface area contributed by atoms with Crippen LogP contribution in [0.2, 0.25) is 0 Å². The number of benzene rings is 1. The van der Waals surface area contributed by atoms with Gasteiger partial charge in [-0.25, -0.2) is 4.39 Å². The first-order valence-corrected chi connectivity index (χ1v) is 9.07. The number of rotatable bonds is 4. The zero-order valence-electron chi connectivity index (χ0n) is 14.8. The molecule has 3 heterocycles. The number of fused-ring (bicyclic) bond motifs is 2. The minimum absolute atomic E-state index is 0.110. The van der Waals surface area contributed by atoms with E-state index in [4.69, 9.17) is 0 Å². The Bertz CT molecular complexity index is 1180. The second-order valence-electron chi connectivity index (χ2n) is 6.93. The average molecular weight is 376 g/mol. The van der Waals surface area contributed by atoms with Crippen molar-refractivity contribution in [2.45, 2.75) is 25.1 Å². The highest BCUT2D eigenvalue weighted by Gasteiger charge is 2.30. The van der Waals surface area contributed by atoms with Crippen LogP contribution in [0.25, 0.3) is 21.8 Å². The second-order valence-corrected chi connectivity index (χ2v) is 6.93. The van der Waals surface area contributed by atoms with Gasteiger partial charge in [0.25, 0.3) is 5.91 Å². The molecule has 1 aliphatic rings. The number of carbonyl (C=O) groups excluding carboxylic acids is 1. The van der Waals surface area contributed by atoms with Crippen molar-refractivity contribution < 1.29 is 9.18 Å². The number of alkyl halides is 1. The molecule has 1 aliphatic carbocycles. The smallest absolute Gasteiger partial charge is 0.270 e. The van der Waals surface area contributed by atoms with Crippen LogP contribution in [0.1, 0.15) is 23.3 Å². The van der Waals surface area contributed by atoms with Gasteiger partial charge in [-0.1, -0.05) is 0 Å².